The third-order valence-electron chi connectivity index (χ3n) is 2.58. The molecule has 1 aromatic rings. The van der Waals surface area contributed by atoms with E-state index in [-0.39, 0.29) is 5.97 Å². The summed E-state index contributed by atoms with van der Waals surface area (Å²) in [5.41, 5.74) is 1.59. The zero-order valence-corrected chi connectivity index (χ0v) is 10.0. The van der Waals surface area contributed by atoms with Crippen LogP contribution >= 0.6 is 11.8 Å². The molecular weight excluding hydrogens is 222 g/mol. The van der Waals surface area contributed by atoms with Gasteiger partial charge in [0.05, 0.1) is 12.7 Å². The molecule has 1 aromatic carbocycles. The first-order valence-corrected chi connectivity index (χ1v) is 6.48. The van der Waals surface area contributed by atoms with Crippen molar-refractivity contribution in [1.29, 1.82) is 0 Å². The summed E-state index contributed by atoms with van der Waals surface area (Å²) in [6, 6.07) is 7.99. The van der Waals surface area contributed by atoms with Gasteiger partial charge in [-0.3, -0.25) is 0 Å². The molecule has 0 bridgehead atoms. The Kier molecular flexibility index (Phi) is 3.72. The largest absolute Gasteiger partial charge is 0.465 e. The summed E-state index contributed by atoms with van der Waals surface area (Å²) in [6.07, 6.45) is 1.19. The number of ether oxygens (including phenoxy) is 1. The number of hydrogen-bond donors (Lipinski definition) is 1. The number of hydrogen-bond acceptors (Lipinski definition) is 4. The Hall–Kier alpha value is -1.16. The molecule has 1 N–H and O–H groups in total. The Bertz CT molecular complexity index is 375. The summed E-state index contributed by atoms with van der Waals surface area (Å²) >= 11 is 1.96. The average molecular weight is 237 g/mol. The van der Waals surface area contributed by atoms with E-state index >= 15 is 0 Å². The van der Waals surface area contributed by atoms with Crippen molar-refractivity contribution in [1.82, 2.24) is 0 Å². The van der Waals surface area contributed by atoms with Crippen LogP contribution in [-0.4, -0.2) is 30.6 Å². The minimum Gasteiger partial charge on any atom is -0.465 e. The molecule has 1 heterocycles. The summed E-state index contributed by atoms with van der Waals surface area (Å²) < 4.78 is 4.69. The highest BCUT2D eigenvalue weighted by atomic mass is 32.2. The zero-order chi connectivity index (χ0) is 11.4. The quantitative estimate of drug-likeness (QED) is 0.819. The number of carbonyl (C=O) groups is 1. The van der Waals surface area contributed by atoms with Crippen LogP contribution in [0.25, 0.3) is 0 Å². The number of benzene rings is 1. The summed E-state index contributed by atoms with van der Waals surface area (Å²) in [4.78, 5) is 11.3. The van der Waals surface area contributed by atoms with E-state index in [1.54, 1.807) is 6.07 Å². The highest BCUT2D eigenvalue weighted by molar-refractivity contribution is 7.99. The Morgan fingerprint density at radius 1 is 1.56 bits per heavy atom. The van der Waals surface area contributed by atoms with Gasteiger partial charge in [0.15, 0.2) is 0 Å². The van der Waals surface area contributed by atoms with Crippen molar-refractivity contribution in [2.75, 3.05) is 23.9 Å². The van der Waals surface area contributed by atoms with Gasteiger partial charge in [-0.1, -0.05) is 6.07 Å². The van der Waals surface area contributed by atoms with Gasteiger partial charge in [-0.2, -0.15) is 11.8 Å². The maximum absolute atomic E-state index is 11.3. The molecule has 0 aliphatic carbocycles. The lowest BCUT2D eigenvalue weighted by atomic mass is 10.2. The molecule has 1 aliphatic rings. The van der Waals surface area contributed by atoms with Crippen LogP contribution in [0.3, 0.4) is 0 Å². The predicted octanol–water partition coefficient (Wildman–Crippen LogP) is 2.39. The SMILES string of the molecule is COC(=O)c1cccc(NC2CCSC2)c1. The first-order valence-electron chi connectivity index (χ1n) is 5.32. The van der Waals surface area contributed by atoms with Crippen molar-refractivity contribution in [3.05, 3.63) is 29.8 Å². The van der Waals surface area contributed by atoms with Crippen molar-refractivity contribution in [2.45, 2.75) is 12.5 Å². The maximum atomic E-state index is 11.3. The first-order chi connectivity index (χ1) is 7.79. The minimum absolute atomic E-state index is 0.288. The molecule has 1 unspecified atom stereocenters. The Morgan fingerprint density at radius 2 is 2.44 bits per heavy atom. The van der Waals surface area contributed by atoms with Gasteiger partial charge in [-0.05, 0) is 30.4 Å². The van der Waals surface area contributed by atoms with E-state index in [1.165, 1.54) is 19.3 Å². The Labute approximate surface area is 99.6 Å². The van der Waals surface area contributed by atoms with Gasteiger partial charge >= 0.3 is 5.97 Å². The molecule has 0 spiro atoms. The minimum atomic E-state index is -0.288. The van der Waals surface area contributed by atoms with Gasteiger partial charge in [0.1, 0.15) is 0 Å². The average Bonchev–Trinajstić information content (AvgIpc) is 2.81. The van der Waals surface area contributed by atoms with Gasteiger partial charge in [0, 0.05) is 17.5 Å². The van der Waals surface area contributed by atoms with Crippen LogP contribution in [0.5, 0.6) is 0 Å². The molecule has 0 saturated carbocycles. The second-order valence-electron chi connectivity index (χ2n) is 3.78. The van der Waals surface area contributed by atoms with Gasteiger partial charge in [-0.15, -0.1) is 0 Å². The Morgan fingerprint density at radius 3 is 3.12 bits per heavy atom. The number of esters is 1. The lowest BCUT2D eigenvalue weighted by Crippen LogP contribution is -2.18. The van der Waals surface area contributed by atoms with Gasteiger partial charge < -0.3 is 10.1 Å². The monoisotopic (exact) mass is 237 g/mol. The van der Waals surface area contributed by atoms with Gasteiger partial charge in [0.25, 0.3) is 0 Å². The predicted molar refractivity (Wildman–Crippen MR) is 67.1 cm³/mol. The molecule has 3 nitrogen and oxygen atoms in total. The number of rotatable bonds is 3. The molecule has 0 amide bonds. The normalized spacial score (nSPS) is 19.4. The van der Waals surface area contributed by atoms with Crippen LogP contribution in [-0.2, 0) is 4.74 Å². The molecule has 16 heavy (non-hydrogen) atoms. The fourth-order valence-electron chi connectivity index (χ4n) is 1.74. The fourth-order valence-corrected chi connectivity index (χ4v) is 2.89. The number of methoxy groups -OCH3 is 1. The maximum Gasteiger partial charge on any atom is 0.337 e. The van der Waals surface area contributed by atoms with Gasteiger partial charge in [0.2, 0.25) is 0 Å². The molecule has 1 aliphatic heterocycles. The summed E-state index contributed by atoms with van der Waals surface area (Å²) in [5.74, 6) is 2.07. The number of thioether (sulfide) groups is 1. The third kappa shape index (κ3) is 2.70. The highest BCUT2D eigenvalue weighted by Gasteiger charge is 2.15. The fraction of sp³-hybridized carbons (Fsp3) is 0.417. The van der Waals surface area contributed by atoms with Gasteiger partial charge in [-0.25, -0.2) is 4.79 Å². The van der Waals surface area contributed by atoms with Crippen LogP contribution in [0, 0.1) is 0 Å². The molecule has 0 radical (unpaired) electrons. The molecule has 1 saturated heterocycles. The second-order valence-corrected chi connectivity index (χ2v) is 4.93. The lowest BCUT2D eigenvalue weighted by molar-refractivity contribution is 0.0601. The van der Waals surface area contributed by atoms with E-state index in [9.17, 15) is 4.79 Å². The van der Waals surface area contributed by atoms with E-state index in [2.05, 4.69) is 5.32 Å². The van der Waals surface area contributed by atoms with E-state index in [4.69, 9.17) is 4.74 Å². The van der Waals surface area contributed by atoms with Crippen LogP contribution in [0.1, 0.15) is 16.8 Å². The Balaban J connectivity index is 2.06. The summed E-state index contributed by atoms with van der Waals surface area (Å²) in [7, 11) is 1.40. The standard InChI is InChI=1S/C12H15NO2S/c1-15-12(14)9-3-2-4-10(7-9)13-11-5-6-16-8-11/h2-4,7,11,13H,5-6,8H2,1H3. The molecule has 86 valence electrons. The second kappa shape index (κ2) is 5.25. The van der Waals surface area contributed by atoms with Crippen molar-refractivity contribution < 1.29 is 9.53 Å². The number of nitrogens with one attached hydrogen (secondary N) is 1. The lowest BCUT2D eigenvalue weighted by Gasteiger charge is -2.13. The highest BCUT2D eigenvalue weighted by Crippen LogP contribution is 2.21. The summed E-state index contributed by atoms with van der Waals surface area (Å²) in [5, 5.41) is 3.43. The molecule has 1 atom stereocenters. The topological polar surface area (TPSA) is 38.3 Å². The zero-order valence-electron chi connectivity index (χ0n) is 9.23. The molecule has 4 heteroatoms. The van der Waals surface area contributed by atoms with Crippen LogP contribution in [0.15, 0.2) is 24.3 Å². The van der Waals surface area contributed by atoms with Crippen LogP contribution in [0.2, 0.25) is 0 Å². The van der Waals surface area contributed by atoms with E-state index in [1.807, 2.05) is 30.0 Å². The molecule has 0 aromatic heterocycles. The number of anilines is 1. The van der Waals surface area contributed by atoms with Crippen LogP contribution < -0.4 is 5.32 Å². The number of carbonyl (C=O) groups excluding carboxylic acids is 1. The van der Waals surface area contributed by atoms with E-state index in [0.717, 1.165) is 11.4 Å². The molecular formula is C12H15NO2S. The van der Waals surface area contributed by atoms with Crippen molar-refractivity contribution in [3.63, 3.8) is 0 Å². The smallest absolute Gasteiger partial charge is 0.337 e. The van der Waals surface area contributed by atoms with Crippen molar-refractivity contribution >= 4 is 23.4 Å². The van der Waals surface area contributed by atoms with E-state index in [0.29, 0.717) is 11.6 Å². The molecule has 2 rings (SSSR count). The third-order valence-corrected chi connectivity index (χ3v) is 3.75. The van der Waals surface area contributed by atoms with Crippen LogP contribution in [0.4, 0.5) is 5.69 Å². The van der Waals surface area contributed by atoms with E-state index < -0.39 is 0 Å². The van der Waals surface area contributed by atoms with Crippen molar-refractivity contribution in [2.24, 2.45) is 0 Å². The first kappa shape index (κ1) is 11.3. The molecule has 1 fully saturated rings. The van der Waals surface area contributed by atoms with Crippen molar-refractivity contribution in [3.8, 4) is 0 Å². The summed E-state index contributed by atoms with van der Waals surface area (Å²) in [6.45, 7) is 0.